The van der Waals surface area contributed by atoms with Gasteiger partial charge in [0.25, 0.3) is 5.91 Å². The predicted octanol–water partition coefficient (Wildman–Crippen LogP) is 1.03. The molecule has 0 saturated carbocycles. The third kappa shape index (κ3) is 4.34. The molecule has 1 unspecified atom stereocenters. The van der Waals surface area contributed by atoms with Gasteiger partial charge in [0, 0.05) is 37.5 Å². The number of nitrogens with zero attached hydrogens (tertiary/aromatic N) is 1. The minimum absolute atomic E-state index is 0.0383. The Bertz CT molecular complexity index is 712. The van der Waals surface area contributed by atoms with Crippen molar-refractivity contribution in [3.05, 3.63) is 16.3 Å². The zero-order valence-electron chi connectivity index (χ0n) is 14.0. The number of carbonyl (C=O) groups excluding carboxylic acids is 2. The molecule has 1 aliphatic heterocycles. The van der Waals surface area contributed by atoms with Gasteiger partial charge in [-0.15, -0.1) is 11.3 Å². The lowest BCUT2D eigenvalue weighted by Gasteiger charge is -2.34. The maximum atomic E-state index is 12.5. The lowest BCUT2D eigenvalue weighted by Crippen LogP contribution is -2.50. The summed E-state index contributed by atoms with van der Waals surface area (Å²) in [6, 6.07) is 1.06. The fraction of sp³-hybridized carbons (Fsp3) is 0.600. The second-order valence-corrected chi connectivity index (χ2v) is 8.75. The van der Waals surface area contributed by atoms with E-state index in [1.807, 2.05) is 13.8 Å². The monoisotopic (exact) mass is 373 g/mol. The van der Waals surface area contributed by atoms with E-state index in [-0.39, 0.29) is 28.7 Å². The second kappa shape index (κ2) is 7.62. The van der Waals surface area contributed by atoms with Crippen LogP contribution in [0.3, 0.4) is 0 Å². The van der Waals surface area contributed by atoms with Gasteiger partial charge in [-0.05, 0) is 18.9 Å². The molecule has 1 aliphatic rings. The summed E-state index contributed by atoms with van der Waals surface area (Å²) in [6.45, 7) is 4.71. The second-order valence-electron chi connectivity index (χ2n) is 6.13. The van der Waals surface area contributed by atoms with Crippen LogP contribution in [0.1, 0.15) is 36.4 Å². The van der Waals surface area contributed by atoms with Gasteiger partial charge in [-0.2, -0.15) is 0 Å². The third-order valence-electron chi connectivity index (χ3n) is 3.89. The van der Waals surface area contributed by atoms with Gasteiger partial charge < -0.3 is 10.2 Å². The van der Waals surface area contributed by atoms with E-state index in [1.54, 1.807) is 4.90 Å². The molecular weight excluding hydrogens is 350 g/mol. The molecule has 1 aromatic rings. The van der Waals surface area contributed by atoms with Gasteiger partial charge in [0.2, 0.25) is 15.9 Å². The number of rotatable bonds is 5. The maximum absolute atomic E-state index is 12.5. The molecule has 0 spiro atoms. The Labute approximate surface area is 146 Å². The minimum atomic E-state index is -3.71. The van der Waals surface area contributed by atoms with E-state index in [0.717, 1.165) is 17.8 Å². The van der Waals surface area contributed by atoms with E-state index < -0.39 is 10.0 Å². The van der Waals surface area contributed by atoms with Crippen LogP contribution in [0, 0.1) is 5.92 Å². The minimum Gasteiger partial charge on any atom is -0.354 e. The summed E-state index contributed by atoms with van der Waals surface area (Å²) in [5.41, 5.74) is 0. The Morgan fingerprint density at radius 2 is 2.08 bits per heavy atom. The summed E-state index contributed by atoms with van der Waals surface area (Å²) in [6.07, 6.45) is 1.45. The molecule has 0 bridgehead atoms. The van der Waals surface area contributed by atoms with Crippen LogP contribution in [-0.4, -0.2) is 51.3 Å². The first-order valence-corrected chi connectivity index (χ1v) is 10.2. The summed E-state index contributed by atoms with van der Waals surface area (Å²) < 4.78 is 27.6. The van der Waals surface area contributed by atoms with E-state index >= 15 is 0 Å². The van der Waals surface area contributed by atoms with Crippen LogP contribution in [0.5, 0.6) is 0 Å². The first kappa shape index (κ1) is 18.9. The van der Waals surface area contributed by atoms with Crippen LogP contribution in [0.15, 0.2) is 16.3 Å². The summed E-state index contributed by atoms with van der Waals surface area (Å²) in [5.74, 6) is -0.378. The first-order valence-electron chi connectivity index (χ1n) is 7.86. The zero-order valence-corrected chi connectivity index (χ0v) is 15.7. The van der Waals surface area contributed by atoms with Gasteiger partial charge in [-0.25, -0.2) is 13.1 Å². The van der Waals surface area contributed by atoms with Crippen LogP contribution in [0.4, 0.5) is 0 Å². The Morgan fingerprint density at radius 1 is 1.38 bits per heavy atom. The highest BCUT2D eigenvalue weighted by Crippen LogP contribution is 2.21. The van der Waals surface area contributed by atoms with E-state index in [2.05, 4.69) is 10.0 Å². The Kier molecular flexibility index (Phi) is 6.00. The van der Waals surface area contributed by atoms with Crippen LogP contribution in [0.25, 0.3) is 0 Å². The molecule has 1 aromatic heterocycles. The Hall–Kier alpha value is -1.45. The van der Waals surface area contributed by atoms with Gasteiger partial charge in [0.15, 0.2) is 0 Å². The van der Waals surface area contributed by atoms with Gasteiger partial charge in [0.05, 0.1) is 9.77 Å². The Balaban J connectivity index is 2.07. The predicted molar refractivity (Wildman–Crippen MR) is 92.5 cm³/mol. The van der Waals surface area contributed by atoms with Gasteiger partial charge in [0.1, 0.15) is 0 Å². The average molecular weight is 374 g/mol. The van der Waals surface area contributed by atoms with Crippen LogP contribution < -0.4 is 10.0 Å². The molecule has 0 radical (unpaired) electrons. The van der Waals surface area contributed by atoms with Crippen molar-refractivity contribution in [1.82, 2.24) is 14.9 Å². The van der Waals surface area contributed by atoms with E-state index in [9.17, 15) is 18.0 Å². The molecule has 0 aliphatic carbocycles. The molecule has 2 N–H and O–H groups in total. The number of hydrogen-bond donors (Lipinski definition) is 2. The van der Waals surface area contributed by atoms with E-state index in [4.69, 9.17) is 0 Å². The van der Waals surface area contributed by atoms with Gasteiger partial charge >= 0.3 is 0 Å². The number of amides is 2. The van der Waals surface area contributed by atoms with Crippen molar-refractivity contribution < 1.29 is 18.0 Å². The maximum Gasteiger partial charge on any atom is 0.261 e. The van der Waals surface area contributed by atoms with Crippen molar-refractivity contribution in [2.24, 2.45) is 5.92 Å². The van der Waals surface area contributed by atoms with E-state index in [1.165, 1.54) is 18.5 Å². The SMILES string of the molecule is CNC(=O)c1cc(S(=O)(=O)NC2CCCN(C(=O)C(C)C)C2)cs1. The Morgan fingerprint density at radius 3 is 2.71 bits per heavy atom. The average Bonchev–Trinajstić information content (AvgIpc) is 3.04. The lowest BCUT2D eigenvalue weighted by molar-refractivity contribution is -0.135. The van der Waals surface area contributed by atoms with Crippen LogP contribution in [0.2, 0.25) is 0 Å². The number of carbonyl (C=O) groups is 2. The molecule has 24 heavy (non-hydrogen) atoms. The highest BCUT2D eigenvalue weighted by atomic mass is 32.2. The number of likely N-dealkylation sites (tertiary alicyclic amines) is 1. The number of sulfonamides is 1. The molecule has 0 aromatic carbocycles. The largest absolute Gasteiger partial charge is 0.354 e. The lowest BCUT2D eigenvalue weighted by atomic mass is 10.0. The number of nitrogens with one attached hydrogen (secondary N) is 2. The zero-order chi connectivity index (χ0) is 17.9. The van der Waals surface area contributed by atoms with Crippen LogP contribution in [-0.2, 0) is 14.8 Å². The van der Waals surface area contributed by atoms with Crippen LogP contribution >= 0.6 is 11.3 Å². The summed E-state index contributed by atoms with van der Waals surface area (Å²) in [7, 11) is -2.21. The summed E-state index contributed by atoms with van der Waals surface area (Å²) in [4.78, 5) is 25.8. The number of piperidine rings is 1. The van der Waals surface area contributed by atoms with Gasteiger partial charge in [-0.1, -0.05) is 13.8 Å². The van der Waals surface area contributed by atoms with Crippen molar-refractivity contribution in [2.75, 3.05) is 20.1 Å². The molecular formula is C15H23N3O4S2. The molecule has 2 rings (SSSR count). The standard InChI is InChI=1S/C15H23N3O4S2/c1-10(2)15(20)18-6-4-5-11(8-18)17-24(21,22)12-7-13(23-9-12)14(19)16-3/h7,9-11,17H,4-6,8H2,1-3H3,(H,16,19). The third-order valence-corrected chi connectivity index (χ3v) is 6.46. The summed E-state index contributed by atoms with van der Waals surface area (Å²) in [5, 5.41) is 3.92. The highest BCUT2D eigenvalue weighted by Gasteiger charge is 2.29. The van der Waals surface area contributed by atoms with Crippen molar-refractivity contribution >= 4 is 33.2 Å². The normalized spacial score (nSPS) is 18.7. The molecule has 1 saturated heterocycles. The fourth-order valence-electron chi connectivity index (χ4n) is 2.63. The molecule has 2 heterocycles. The molecule has 9 heteroatoms. The number of hydrogen-bond acceptors (Lipinski definition) is 5. The number of thiophene rings is 1. The van der Waals surface area contributed by atoms with E-state index in [0.29, 0.717) is 24.4 Å². The molecule has 1 fully saturated rings. The highest BCUT2D eigenvalue weighted by molar-refractivity contribution is 7.89. The van der Waals surface area contributed by atoms with Crippen molar-refractivity contribution in [3.8, 4) is 0 Å². The fourth-order valence-corrected chi connectivity index (χ4v) is 5.11. The van der Waals surface area contributed by atoms with Crippen molar-refractivity contribution in [1.29, 1.82) is 0 Å². The summed E-state index contributed by atoms with van der Waals surface area (Å²) >= 11 is 1.08. The molecule has 2 amide bonds. The quantitative estimate of drug-likeness (QED) is 0.806. The van der Waals surface area contributed by atoms with Crippen molar-refractivity contribution in [2.45, 2.75) is 37.6 Å². The molecule has 7 nitrogen and oxygen atoms in total. The van der Waals surface area contributed by atoms with Gasteiger partial charge in [-0.3, -0.25) is 9.59 Å². The smallest absolute Gasteiger partial charge is 0.261 e. The first-order chi connectivity index (χ1) is 11.2. The topological polar surface area (TPSA) is 95.6 Å². The molecule has 134 valence electrons. The van der Waals surface area contributed by atoms with Crippen molar-refractivity contribution in [3.63, 3.8) is 0 Å². The molecule has 1 atom stereocenters.